The molecule has 1 saturated carbocycles. The van der Waals surface area contributed by atoms with Crippen LogP contribution in [0.4, 0.5) is 4.39 Å². The summed E-state index contributed by atoms with van der Waals surface area (Å²) < 4.78 is 37.6. The first-order valence-electron chi connectivity index (χ1n) is 6.19. The number of aliphatic hydroxyl groups excluding tert-OH is 1. The summed E-state index contributed by atoms with van der Waals surface area (Å²) in [6, 6.07) is 4.80. The molecular formula is C13H17FO3S. The van der Waals surface area contributed by atoms with Crippen LogP contribution in [0, 0.1) is 5.82 Å². The average molecular weight is 272 g/mol. The summed E-state index contributed by atoms with van der Waals surface area (Å²) in [6.07, 6.45) is 2.79. The highest BCUT2D eigenvalue weighted by Gasteiger charge is 2.34. The van der Waals surface area contributed by atoms with Gasteiger partial charge in [0.25, 0.3) is 0 Å². The van der Waals surface area contributed by atoms with Crippen molar-refractivity contribution in [1.29, 1.82) is 0 Å². The molecule has 0 amide bonds. The minimum atomic E-state index is -3.57. The predicted molar refractivity (Wildman–Crippen MR) is 66.5 cm³/mol. The van der Waals surface area contributed by atoms with E-state index in [0.29, 0.717) is 12.8 Å². The van der Waals surface area contributed by atoms with E-state index in [1.807, 2.05) is 0 Å². The van der Waals surface area contributed by atoms with Gasteiger partial charge in [0.2, 0.25) is 0 Å². The summed E-state index contributed by atoms with van der Waals surface area (Å²) in [5.41, 5.74) is 0. The van der Waals surface area contributed by atoms with Crippen molar-refractivity contribution in [3.8, 4) is 0 Å². The summed E-state index contributed by atoms with van der Waals surface area (Å²) in [7, 11) is -3.57. The third kappa shape index (κ3) is 2.72. The van der Waals surface area contributed by atoms with Crippen molar-refractivity contribution in [2.45, 2.75) is 48.4 Å². The zero-order chi connectivity index (χ0) is 13.2. The molecule has 5 heteroatoms. The molecule has 0 aliphatic heterocycles. The van der Waals surface area contributed by atoms with Gasteiger partial charge >= 0.3 is 0 Å². The standard InChI is InChI=1S/C13H17FO3S/c14-10-6-8-11(9-7-10)18(16,17)13-5-3-1-2-4-12(13)15/h6-9,12-13,15H,1-5H2. The molecule has 0 spiro atoms. The Morgan fingerprint density at radius 1 is 1.06 bits per heavy atom. The van der Waals surface area contributed by atoms with Crippen molar-refractivity contribution in [2.75, 3.05) is 0 Å². The summed E-state index contributed by atoms with van der Waals surface area (Å²) in [5, 5.41) is 9.19. The Hall–Kier alpha value is -0.940. The van der Waals surface area contributed by atoms with Crippen molar-refractivity contribution in [2.24, 2.45) is 0 Å². The van der Waals surface area contributed by atoms with Gasteiger partial charge in [-0.2, -0.15) is 0 Å². The van der Waals surface area contributed by atoms with Crippen LogP contribution >= 0.6 is 0 Å². The normalized spacial score (nSPS) is 25.7. The van der Waals surface area contributed by atoms with Crippen LogP contribution in [-0.4, -0.2) is 24.9 Å². The molecule has 0 aromatic heterocycles. The van der Waals surface area contributed by atoms with E-state index in [1.165, 1.54) is 12.1 Å². The molecule has 2 unspecified atom stereocenters. The molecule has 3 nitrogen and oxygen atoms in total. The van der Waals surface area contributed by atoms with E-state index < -0.39 is 27.0 Å². The lowest BCUT2D eigenvalue weighted by Crippen LogP contribution is -2.33. The van der Waals surface area contributed by atoms with Crippen LogP contribution in [0.3, 0.4) is 0 Å². The lowest BCUT2D eigenvalue weighted by Gasteiger charge is -2.20. The Morgan fingerprint density at radius 2 is 1.67 bits per heavy atom. The maximum atomic E-state index is 12.8. The maximum absolute atomic E-state index is 12.8. The molecule has 1 N–H and O–H groups in total. The van der Waals surface area contributed by atoms with Crippen molar-refractivity contribution < 1.29 is 17.9 Å². The first-order chi connectivity index (χ1) is 8.51. The van der Waals surface area contributed by atoms with Gasteiger partial charge in [0.15, 0.2) is 9.84 Å². The van der Waals surface area contributed by atoms with Crippen LogP contribution in [0.25, 0.3) is 0 Å². The third-order valence-electron chi connectivity index (χ3n) is 3.46. The van der Waals surface area contributed by atoms with Crippen LogP contribution in [0.2, 0.25) is 0 Å². The highest BCUT2D eigenvalue weighted by atomic mass is 32.2. The second kappa shape index (κ2) is 5.36. The summed E-state index contributed by atoms with van der Waals surface area (Å²) in [6.45, 7) is 0. The first-order valence-corrected chi connectivity index (χ1v) is 7.74. The summed E-state index contributed by atoms with van der Waals surface area (Å²) in [5.74, 6) is -0.463. The van der Waals surface area contributed by atoms with Gasteiger partial charge in [-0.1, -0.05) is 19.3 Å². The Balaban J connectivity index is 2.31. The number of hydrogen-bond donors (Lipinski definition) is 1. The van der Waals surface area contributed by atoms with Crippen molar-refractivity contribution in [3.63, 3.8) is 0 Å². The average Bonchev–Trinajstić information content (AvgIpc) is 2.55. The van der Waals surface area contributed by atoms with Gasteiger partial charge in [0.1, 0.15) is 5.82 Å². The molecule has 0 bridgehead atoms. The monoisotopic (exact) mass is 272 g/mol. The third-order valence-corrected chi connectivity index (χ3v) is 5.73. The maximum Gasteiger partial charge on any atom is 0.183 e. The molecule has 100 valence electrons. The number of rotatable bonds is 2. The highest BCUT2D eigenvalue weighted by Crippen LogP contribution is 2.28. The van der Waals surface area contributed by atoms with Crippen molar-refractivity contribution in [1.82, 2.24) is 0 Å². The Bertz CT molecular complexity index is 495. The Morgan fingerprint density at radius 3 is 2.33 bits per heavy atom. The first kappa shape index (κ1) is 13.5. The zero-order valence-electron chi connectivity index (χ0n) is 10.0. The molecule has 1 fully saturated rings. The van der Waals surface area contributed by atoms with Crippen molar-refractivity contribution in [3.05, 3.63) is 30.1 Å². The number of aliphatic hydroxyl groups is 1. The Kier molecular flexibility index (Phi) is 4.02. The predicted octanol–water partition coefficient (Wildman–Crippen LogP) is 2.29. The second-order valence-corrected chi connectivity index (χ2v) is 6.91. The highest BCUT2D eigenvalue weighted by molar-refractivity contribution is 7.92. The molecule has 1 aliphatic rings. The van der Waals surface area contributed by atoms with Gasteiger partial charge in [0, 0.05) is 0 Å². The van der Waals surface area contributed by atoms with Crippen LogP contribution < -0.4 is 0 Å². The molecule has 1 aliphatic carbocycles. The van der Waals surface area contributed by atoms with E-state index >= 15 is 0 Å². The molecule has 0 saturated heterocycles. The Labute approximate surface area is 107 Å². The topological polar surface area (TPSA) is 54.4 Å². The minimum Gasteiger partial charge on any atom is -0.392 e. The molecule has 2 atom stereocenters. The summed E-state index contributed by atoms with van der Waals surface area (Å²) in [4.78, 5) is 0.0925. The molecule has 1 aromatic carbocycles. The van der Waals surface area contributed by atoms with E-state index in [1.54, 1.807) is 0 Å². The summed E-state index contributed by atoms with van der Waals surface area (Å²) >= 11 is 0. The smallest absolute Gasteiger partial charge is 0.183 e. The van der Waals surface area contributed by atoms with Crippen molar-refractivity contribution >= 4 is 9.84 Å². The van der Waals surface area contributed by atoms with Gasteiger partial charge in [0.05, 0.1) is 16.2 Å². The molecule has 2 rings (SSSR count). The fraction of sp³-hybridized carbons (Fsp3) is 0.538. The molecular weight excluding hydrogens is 255 g/mol. The van der Waals surface area contributed by atoms with Gasteiger partial charge in [-0.05, 0) is 37.1 Å². The van der Waals surface area contributed by atoms with Crippen LogP contribution in [-0.2, 0) is 9.84 Å². The molecule has 0 heterocycles. The van der Waals surface area contributed by atoms with Gasteiger partial charge in [-0.25, -0.2) is 12.8 Å². The van der Waals surface area contributed by atoms with E-state index in [0.717, 1.165) is 31.4 Å². The van der Waals surface area contributed by atoms with Gasteiger partial charge in [-0.15, -0.1) is 0 Å². The number of hydrogen-bond acceptors (Lipinski definition) is 3. The second-order valence-electron chi connectivity index (χ2n) is 4.74. The van der Waals surface area contributed by atoms with Gasteiger partial charge < -0.3 is 5.11 Å². The minimum absolute atomic E-state index is 0.0925. The number of benzene rings is 1. The quantitative estimate of drug-likeness (QED) is 0.664. The molecule has 1 aromatic rings. The molecule has 0 radical (unpaired) electrons. The van der Waals surface area contributed by atoms with E-state index in [-0.39, 0.29) is 4.90 Å². The van der Waals surface area contributed by atoms with Crippen LogP contribution in [0.1, 0.15) is 32.1 Å². The zero-order valence-corrected chi connectivity index (χ0v) is 10.9. The lowest BCUT2D eigenvalue weighted by molar-refractivity contribution is 0.160. The van der Waals surface area contributed by atoms with Crippen LogP contribution in [0.5, 0.6) is 0 Å². The van der Waals surface area contributed by atoms with Crippen LogP contribution in [0.15, 0.2) is 29.2 Å². The van der Waals surface area contributed by atoms with E-state index in [4.69, 9.17) is 0 Å². The van der Waals surface area contributed by atoms with Gasteiger partial charge in [-0.3, -0.25) is 0 Å². The number of halogens is 1. The largest absolute Gasteiger partial charge is 0.392 e. The SMILES string of the molecule is O=S(=O)(c1ccc(F)cc1)C1CCCCCC1O. The number of sulfone groups is 1. The fourth-order valence-electron chi connectivity index (χ4n) is 2.42. The van der Waals surface area contributed by atoms with E-state index in [9.17, 15) is 17.9 Å². The molecule has 18 heavy (non-hydrogen) atoms. The lowest BCUT2D eigenvalue weighted by atomic mass is 10.1. The van der Waals surface area contributed by atoms with E-state index in [2.05, 4.69) is 0 Å². The fourth-order valence-corrected chi connectivity index (χ4v) is 4.31.